The van der Waals surface area contributed by atoms with Crippen LogP contribution in [0.25, 0.3) is 0 Å². The van der Waals surface area contributed by atoms with Crippen molar-refractivity contribution in [2.24, 2.45) is 5.92 Å². The van der Waals surface area contributed by atoms with E-state index < -0.39 is 24.4 Å². The quantitative estimate of drug-likeness (QED) is 0.651. The highest BCUT2D eigenvalue weighted by Crippen LogP contribution is 2.31. The van der Waals surface area contributed by atoms with Crippen LogP contribution in [0.1, 0.15) is 17.5 Å². The van der Waals surface area contributed by atoms with Crippen molar-refractivity contribution in [1.29, 1.82) is 0 Å². The van der Waals surface area contributed by atoms with Gasteiger partial charge in [-0.1, -0.05) is 33.6 Å². The summed E-state index contributed by atoms with van der Waals surface area (Å²) in [5.74, 6) is -1.80. The number of amides is 2. The summed E-state index contributed by atoms with van der Waals surface area (Å²) in [6.45, 7) is 3.48. The number of benzene rings is 2. The first-order valence-corrected chi connectivity index (χ1v) is 10.2. The molecule has 2 amide bonds. The van der Waals surface area contributed by atoms with Gasteiger partial charge in [-0.3, -0.25) is 14.4 Å². The van der Waals surface area contributed by atoms with E-state index in [0.29, 0.717) is 16.4 Å². The fraction of sp³-hybridized carbons (Fsp3) is 0.286. The van der Waals surface area contributed by atoms with Gasteiger partial charge in [-0.25, -0.2) is 0 Å². The monoisotopic (exact) mass is 478 g/mol. The minimum atomic E-state index is -0.622. The minimum absolute atomic E-state index is 0.0399. The molecule has 0 radical (unpaired) electrons. The fourth-order valence-electron chi connectivity index (χ4n) is 3.19. The Labute approximate surface area is 182 Å². The molecular weight excluding hydrogens is 460 g/mol. The zero-order valence-electron chi connectivity index (χ0n) is 16.0. The Bertz CT molecular complexity index is 979. The first-order chi connectivity index (χ1) is 13.8. The molecule has 1 atom stereocenters. The number of anilines is 2. The Balaban J connectivity index is 1.56. The first kappa shape index (κ1) is 21.3. The van der Waals surface area contributed by atoms with E-state index in [1.165, 1.54) is 0 Å². The molecule has 0 saturated carbocycles. The Kier molecular flexibility index (Phi) is 6.59. The molecule has 6 nitrogen and oxygen atoms in total. The number of carbonyl (C=O) groups excluding carboxylic acids is 3. The number of rotatable bonds is 5. The Morgan fingerprint density at radius 1 is 1.28 bits per heavy atom. The van der Waals surface area contributed by atoms with Gasteiger partial charge in [-0.2, -0.15) is 0 Å². The third-order valence-corrected chi connectivity index (χ3v) is 5.70. The molecule has 29 heavy (non-hydrogen) atoms. The smallest absolute Gasteiger partial charge is 0.311 e. The number of nitrogens with one attached hydrogen (secondary N) is 1. The minimum Gasteiger partial charge on any atom is -0.455 e. The van der Waals surface area contributed by atoms with Crippen LogP contribution >= 0.6 is 27.5 Å². The molecule has 1 aliphatic heterocycles. The molecule has 152 valence electrons. The normalized spacial score (nSPS) is 16.1. The standard InChI is InChI=1S/C21H20BrClN2O4/c1-12-8-15(22)6-7-17(12)24-19(26)11-29-21(28)14-9-20(27)25(10-14)18-5-3-4-16(23)13(18)2/h3-8,14H,9-11H2,1-2H3,(H,24,26)/t14-/m1/s1. The number of hydrogen-bond acceptors (Lipinski definition) is 4. The number of hydrogen-bond donors (Lipinski definition) is 1. The highest BCUT2D eigenvalue weighted by Gasteiger charge is 2.37. The average Bonchev–Trinajstić information content (AvgIpc) is 3.06. The van der Waals surface area contributed by atoms with Crippen LogP contribution in [0.4, 0.5) is 11.4 Å². The van der Waals surface area contributed by atoms with Crippen molar-refractivity contribution in [3.8, 4) is 0 Å². The van der Waals surface area contributed by atoms with Crippen molar-refractivity contribution < 1.29 is 19.1 Å². The fourth-order valence-corrected chi connectivity index (χ4v) is 3.84. The van der Waals surface area contributed by atoms with E-state index in [9.17, 15) is 14.4 Å². The van der Waals surface area contributed by atoms with Gasteiger partial charge in [-0.15, -0.1) is 0 Å². The maximum Gasteiger partial charge on any atom is 0.311 e. The summed E-state index contributed by atoms with van der Waals surface area (Å²) in [4.78, 5) is 38.4. The van der Waals surface area contributed by atoms with E-state index in [4.69, 9.17) is 16.3 Å². The van der Waals surface area contributed by atoms with Gasteiger partial charge >= 0.3 is 5.97 Å². The van der Waals surface area contributed by atoms with Crippen molar-refractivity contribution in [2.75, 3.05) is 23.4 Å². The van der Waals surface area contributed by atoms with Crippen molar-refractivity contribution in [3.05, 3.63) is 57.0 Å². The van der Waals surface area contributed by atoms with Crippen LogP contribution in [0.3, 0.4) is 0 Å². The number of halogens is 2. The second-order valence-electron chi connectivity index (χ2n) is 6.90. The van der Waals surface area contributed by atoms with Gasteiger partial charge in [0.2, 0.25) is 5.91 Å². The van der Waals surface area contributed by atoms with E-state index in [2.05, 4.69) is 21.2 Å². The largest absolute Gasteiger partial charge is 0.455 e. The Morgan fingerprint density at radius 2 is 2.03 bits per heavy atom. The Hall–Kier alpha value is -2.38. The average molecular weight is 480 g/mol. The van der Waals surface area contributed by atoms with Crippen LogP contribution < -0.4 is 10.2 Å². The SMILES string of the molecule is Cc1cc(Br)ccc1NC(=O)COC(=O)[C@@H]1CC(=O)N(c2cccc(Cl)c2C)C1. The summed E-state index contributed by atoms with van der Waals surface area (Å²) < 4.78 is 6.05. The van der Waals surface area contributed by atoms with E-state index in [1.54, 1.807) is 29.2 Å². The zero-order chi connectivity index (χ0) is 21.1. The lowest BCUT2D eigenvalue weighted by atomic mass is 10.1. The van der Waals surface area contributed by atoms with Crippen molar-refractivity contribution in [2.45, 2.75) is 20.3 Å². The molecule has 1 fully saturated rings. The molecule has 8 heteroatoms. The summed E-state index contributed by atoms with van der Waals surface area (Å²) in [6.07, 6.45) is 0.0399. The summed E-state index contributed by atoms with van der Waals surface area (Å²) in [5, 5.41) is 3.27. The van der Waals surface area contributed by atoms with Gasteiger partial charge < -0.3 is 15.0 Å². The maximum atomic E-state index is 12.4. The molecule has 1 aliphatic rings. The van der Waals surface area contributed by atoms with E-state index >= 15 is 0 Å². The second kappa shape index (κ2) is 8.97. The maximum absolute atomic E-state index is 12.4. The van der Waals surface area contributed by atoms with Gasteiger partial charge in [0.25, 0.3) is 5.91 Å². The van der Waals surface area contributed by atoms with Crippen LogP contribution in [-0.2, 0) is 19.1 Å². The highest BCUT2D eigenvalue weighted by atomic mass is 79.9. The number of aryl methyl sites for hydroxylation is 1. The molecule has 2 aromatic carbocycles. The van der Waals surface area contributed by atoms with E-state index in [1.807, 2.05) is 26.0 Å². The topological polar surface area (TPSA) is 75.7 Å². The third-order valence-electron chi connectivity index (χ3n) is 4.80. The lowest BCUT2D eigenvalue weighted by molar-refractivity contribution is -0.151. The molecule has 1 heterocycles. The lowest BCUT2D eigenvalue weighted by Gasteiger charge is -2.19. The third kappa shape index (κ3) is 4.97. The van der Waals surface area contributed by atoms with Crippen LogP contribution in [0.15, 0.2) is 40.9 Å². The molecule has 2 aromatic rings. The highest BCUT2D eigenvalue weighted by molar-refractivity contribution is 9.10. The second-order valence-corrected chi connectivity index (χ2v) is 8.23. The summed E-state index contributed by atoms with van der Waals surface area (Å²) in [5.41, 5.74) is 2.99. The predicted molar refractivity (Wildman–Crippen MR) is 115 cm³/mol. The zero-order valence-corrected chi connectivity index (χ0v) is 18.3. The summed E-state index contributed by atoms with van der Waals surface area (Å²) >= 11 is 9.50. The number of nitrogens with zero attached hydrogens (tertiary/aromatic N) is 1. The summed E-state index contributed by atoms with van der Waals surface area (Å²) in [6, 6.07) is 10.8. The van der Waals surface area contributed by atoms with Gasteiger partial charge in [0.1, 0.15) is 0 Å². The van der Waals surface area contributed by atoms with Crippen LogP contribution in [0.5, 0.6) is 0 Å². The molecule has 1 saturated heterocycles. The number of ether oxygens (including phenoxy) is 1. The van der Waals surface area contributed by atoms with Gasteiger partial charge in [0.05, 0.1) is 5.92 Å². The molecule has 1 N–H and O–H groups in total. The molecule has 3 rings (SSSR count). The van der Waals surface area contributed by atoms with Crippen LogP contribution in [-0.4, -0.2) is 30.9 Å². The van der Waals surface area contributed by atoms with Crippen LogP contribution in [0.2, 0.25) is 5.02 Å². The molecule has 0 bridgehead atoms. The lowest BCUT2D eigenvalue weighted by Crippen LogP contribution is -2.28. The van der Waals surface area contributed by atoms with Gasteiger partial charge in [0.15, 0.2) is 6.61 Å². The van der Waals surface area contributed by atoms with Gasteiger partial charge in [-0.05, 0) is 55.3 Å². The van der Waals surface area contributed by atoms with E-state index in [-0.39, 0.29) is 18.9 Å². The van der Waals surface area contributed by atoms with Crippen LogP contribution in [0, 0.1) is 19.8 Å². The van der Waals surface area contributed by atoms with Crippen molar-refractivity contribution >= 4 is 56.7 Å². The first-order valence-electron chi connectivity index (χ1n) is 9.04. The van der Waals surface area contributed by atoms with Gasteiger partial charge in [0, 0.05) is 33.8 Å². The van der Waals surface area contributed by atoms with E-state index in [0.717, 1.165) is 15.6 Å². The van der Waals surface area contributed by atoms with Crippen molar-refractivity contribution in [3.63, 3.8) is 0 Å². The molecular formula is C21H20BrClN2O4. The molecule has 0 spiro atoms. The molecule has 0 aliphatic carbocycles. The molecule has 0 unspecified atom stereocenters. The summed E-state index contributed by atoms with van der Waals surface area (Å²) in [7, 11) is 0. The van der Waals surface area contributed by atoms with Crippen molar-refractivity contribution in [1.82, 2.24) is 0 Å². The predicted octanol–water partition coefficient (Wildman–Crippen LogP) is 4.25. The number of carbonyl (C=O) groups is 3. The molecule has 0 aromatic heterocycles. The Morgan fingerprint density at radius 3 is 2.76 bits per heavy atom. The number of esters is 1.